The van der Waals surface area contributed by atoms with Crippen LogP contribution in [0.2, 0.25) is 8.67 Å². The van der Waals surface area contributed by atoms with Crippen molar-refractivity contribution in [3.63, 3.8) is 0 Å². The fourth-order valence-electron chi connectivity index (χ4n) is 1.76. The number of rotatable bonds is 3. The lowest BCUT2D eigenvalue weighted by atomic mass is 10.0. The van der Waals surface area contributed by atoms with Gasteiger partial charge in [-0.15, -0.1) is 11.3 Å². The molecular weight excluding hydrogens is 360 g/mol. The van der Waals surface area contributed by atoms with Gasteiger partial charge in [-0.25, -0.2) is 4.39 Å². The van der Waals surface area contributed by atoms with Crippen LogP contribution in [0.4, 0.5) is 4.39 Å². The molecule has 1 atom stereocenters. The minimum atomic E-state index is -0.286. The molecule has 0 radical (unpaired) electrons. The molecule has 18 heavy (non-hydrogen) atoms. The first-order chi connectivity index (χ1) is 8.52. The number of halogens is 4. The summed E-state index contributed by atoms with van der Waals surface area (Å²) in [6.45, 7) is 0. The highest BCUT2D eigenvalue weighted by Crippen LogP contribution is 2.39. The van der Waals surface area contributed by atoms with Gasteiger partial charge >= 0.3 is 0 Å². The van der Waals surface area contributed by atoms with Gasteiger partial charge in [0.15, 0.2) is 0 Å². The van der Waals surface area contributed by atoms with Crippen molar-refractivity contribution in [1.29, 1.82) is 0 Å². The van der Waals surface area contributed by atoms with Gasteiger partial charge in [0.05, 0.1) is 14.7 Å². The summed E-state index contributed by atoms with van der Waals surface area (Å²) in [6.07, 6.45) is 0. The summed E-state index contributed by atoms with van der Waals surface area (Å²) in [5, 5.41) is 3.12. The third-order valence-electron chi connectivity index (χ3n) is 2.55. The topological polar surface area (TPSA) is 12.0 Å². The van der Waals surface area contributed by atoms with E-state index in [0.29, 0.717) is 8.67 Å². The number of hydrogen-bond donors (Lipinski definition) is 1. The first kappa shape index (κ1) is 14.3. The highest BCUT2D eigenvalue weighted by Gasteiger charge is 2.20. The SMILES string of the molecule is CNC(c1cc(F)ccc1Br)c1cc(Cl)sc1Cl. The maximum atomic E-state index is 13.4. The van der Waals surface area contributed by atoms with E-state index in [9.17, 15) is 4.39 Å². The minimum Gasteiger partial charge on any atom is -0.309 e. The zero-order valence-electron chi connectivity index (χ0n) is 9.31. The van der Waals surface area contributed by atoms with Crippen LogP contribution < -0.4 is 5.32 Å². The van der Waals surface area contributed by atoms with E-state index >= 15 is 0 Å². The smallest absolute Gasteiger partial charge is 0.123 e. The van der Waals surface area contributed by atoms with Gasteiger partial charge in [-0.1, -0.05) is 39.1 Å². The van der Waals surface area contributed by atoms with Crippen LogP contribution in [-0.4, -0.2) is 7.05 Å². The fraction of sp³-hybridized carbons (Fsp3) is 0.167. The molecule has 1 N–H and O–H groups in total. The van der Waals surface area contributed by atoms with Crippen molar-refractivity contribution >= 4 is 50.5 Å². The van der Waals surface area contributed by atoms with Crippen LogP contribution in [0.15, 0.2) is 28.7 Å². The number of thiophene rings is 1. The van der Waals surface area contributed by atoms with E-state index in [1.807, 2.05) is 0 Å². The monoisotopic (exact) mass is 367 g/mol. The highest BCUT2D eigenvalue weighted by molar-refractivity contribution is 9.10. The van der Waals surface area contributed by atoms with Gasteiger partial charge in [-0.05, 0) is 36.9 Å². The molecule has 0 bridgehead atoms. The molecule has 1 aromatic heterocycles. The highest BCUT2D eigenvalue weighted by atomic mass is 79.9. The molecule has 2 rings (SSSR count). The molecule has 0 aliphatic carbocycles. The van der Waals surface area contributed by atoms with E-state index in [1.54, 1.807) is 19.2 Å². The second kappa shape index (κ2) is 5.88. The molecule has 1 nitrogen and oxygen atoms in total. The Morgan fingerprint density at radius 3 is 2.56 bits per heavy atom. The second-order valence-electron chi connectivity index (χ2n) is 3.67. The minimum absolute atomic E-state index is 0.202. The molecule has 0 amide bonds. The molecule has 1 aromatic carbocycles. The average Bonchev–Trinajstić information content (AvgIpc) is 2.64. The fourth-order valence-corrected chi connectivity index (χ4v) is 3.77. The van der Waals surface area contributed by atoms with Gasteiger partial charge in [-0.2, -0.15) is 0 Å². The van der Waals surface area contributed by atoms with Gasteiger partial charge in [-0.3, -0.25) is 0 Å². The van der Waals surface area contributed by atoms with Gasteiger partial charge in [0.2, 0.25) is 0 Å². The lowest BCUT2D eigenvalue weighted by molar-refractivity contribution is 0.616. The third kappa shape index (κ3) is 2.89. The van der Waals surface area contributed by atoms with Gasteiger partial charge in [0, 0.05) is 10.0 Å². The lowest BCUT2D eigenvalue weighted by Crippen LogP contribution is -2.18. The van der Waals surface area contributed by atoms with Gasteiger partial charge in [0.25, 0.3) is 0 Å². The van der Waals surface area contributed by atoms with E-state index in [2.05, 4.69) is 21.2 Å². The summed E-state index contributed by atoms with van der Waals surface area (Å²) < 4.78 is 15.4. The van der Waals surface area contributed by atoms with E-state index in [-0.39, 0.29) is 11.9 Å². The molecule has 96 valence electrons. The molecule has 0 aliphatic heterocycles. The van der Waals surface area contributed by atoms with E-state index < -0.39 is 0 Å². The third-order valence-corrected chi connectivity index (χ3v) is 4.79. The zero-order chi connectivity index (χ0) is 13.3. The summed E-state index contributed by atoms with van der Waals surface area (Å²) in [5.41, 5.74) is 1.63. The van der Waals surface area contributed by atoms with Crippen molar-refractivity contribution in [1.82, 2.24) is 5.32 Å². The Kier molecular flexibility index (Phi) is 4.67. The first-order valence-corrected chi connectivity index (χ1v) is 7.46. The van der Waals surface area contributed by atoms with Crippen molar-refractivity contribution in [2.75, 3.05) is 7.05 Å². The molecule has 0 aliphatic rings. The maximum Gasteiger partial charge on any atom is 0.123 e. The van der Waals surface area contributed by atoms with E-state index in [0.717, 1.165) is 15.6 Å². The van der Waals surface area contributed by atoms with Gasteiger partial charge in [0.1, 0.15) is 5.82 Å². The van der Waals surface area contributed by atoms with Crippen molar-refractivity contribution < 1.29 is 4.39 Å². The van der Waals surface area contributed by atoms with Crippen LogP contribution in [0, 0.1) is 5.82 Å². The molecule has 0 saturated carbocycles. The van der Waals surface area contributed by atoms with Crippen LogP contribution >= 0.6 is 50.5 Å². The van der Waals surface area contributed by atoms with E-state index in [4.69, 9.17) is 23.2 Å². The standard InChI is InChI=1S/C12H9BrCl2FNS/c1-17-11(8-5-10(14)18-12(8)15)7-4-6(16)2-3-9(7)13/h2-5,11,17H,1H3. The number of hydrogen-bond acceptors (Lipinski definition) is 2. The van der Waals surface area contributed by atoms with Crippen molar-refractivity contribution in [3.8, 4) is 0 Å². The Balaban J connectivity index is 2.51. The van der Waals surface area contributed by atoms with Crippen molar-refractivity contribution in [3.05, 3.63) is 54.4 Å². The quantitative estimate of drug-likeness (QED) is 0.778. The molecular formula is C12H9BrCl2FNS. The Bertz CT molecular complexity index is 573. The number of benzene rings is 1. The Morgan fingerprint density at radius 1 is 1.28 bits per heavy atom. The second-order valence-corrected chi connectivity index (χ2v) is 6.81. The summed E-state index contributed by atoms with van der Waals surface area (Å²) in [7, 11) is 1.80. The predicted octanol–water partition coefficient (Wildman–Crippen LogP) is 5.27. The van der Waals surface area contributed by atoms with E-state index in [1.165, 1.54) is 23.5 Å². The van der Waals surface area contributed by atoms with Crippen LogP contribution in [0.1, 0.15) is 17.2 Å². The summed E-state index contributed by atoms with van der Waals surface area (Å²) in [5.74, 6) is -0.286. The summed E-state index contributed by atoms with van der Waals surface area (Å²) in [6, 6.07) is 6.16. The molecule has 1 unspecified atom stereocenters. The van der Waals surface area contributed by atoms with Crippen molar-refractivity contribution in [2.45, 2.75) is 6.04 Å². The van der Waals surface area contributed by atoms with Gasteiger partial charge < -0.3 is 5.32 Å². The largest absolute Gasteiger partial charge is 0.309 e. The van der Waals surface area contributed by atoms with Crippen LogP contribution in [0.3, 0.4) is 0 Å². The molecule has 0 saturated heterocycles. The molecule has 2 aromatic rings. The van der Waals surface area contributed by atoms with Crippen LogP contribution in [0.25, 0.3) is 0 Å². The first-order valence-electron chi connectivity index (χ1n) is 5.10. The normalized spacial score (nSPS) is 12.7. The average molecular weight is 369 g/mol. The van der Waals surface area contributed by atoms with Crippen LogP contribution in [0.5, 0.6) is 0 Å². The Morgan fingerprint density at radius 2 is 2.00 bits per heavy atom. The van der Waals surface area contributed by atoms with Crippen molar-refractivity contribution in [2.24, 2.45) is 0 Å². The zero-order valence-corrected chi connectivity index (χ0v) is 13.2. The summed E-state index contributed by atoms with van der Waals surface area (Å²) in [4.78, 5) is 0. The lowest BCUT2D eigenvalue weighted by Gasteiger charge is -2.18. The molecule has 0 spiro atoms. The summed E-state index contributed by atoms with van der Waals surface area (Å²) >= 11 is 16.8. The Labute approximate surface area is 127 Å². The number of nitrogens with one attached hydrogen (secondary N) is 1. The predicted molar refractivity (Wildman–Crippen MR) is 79.3 cm³/mol. The maximum absolute atomic E-state index is 13.4. The molecule has 6 heteroatoms. The molecule has 0 fully saturated rings. The van der Waals surface area contributed by atoms with Crippen LogP contribution in [-0.2, 0) is 0 Å². The Hall–Kier alpha value is -0.130. The molecule has 1 heterocycles.